The number of rotatable bonds is 7. The monoisotopic (exact) mass is 391 g/mol. The van der Waals surface area contributed by atoms with Crippen LogP contribution >= 0.6 is 12.4 Å². The van der Waals surface area contributed by atoms with E-state index >= 15 is 0 Å². The van der Waals surface area contributed by atoms with E-state index < -0.39 is 12.1 Å². The molecule has 3 rings (SSSR count). The lowest BCUT2D eigenvalue weighted by molar-refractivity contribution is 0.0617. The largest absolute Gasteiger partial charge is 0.493 e. The zero-order valence-corrected chi connectivity index (χ0v) is 16.7. The van der Waals surface area contributed by atoms with E-state index in [4.69, 9.17) is 15.2 Å². The SMILES string of the molecule is COc1ccc([C@@H](N)[C@@H](O)C2CCCCC2)cc1OCc1ccccc1.Cl. The number of hydrogen-bond acceptors (Lipinski definition) is 4. The van der Waals surface area contributed by atoms with Crippen molar-refractivity contribution in [2.75, 3.05) is 7.11 Å². The Kier molecular flexibility index (Phi) is 8.42. The molecule has 0 aromatic heterocycles. The van der Waals surface area contributed by atoms with Crippen molar-refractivity contribution in [1.82, 2.24) is 0 Å². The van der Waals surface area contributed by atoms with Gasteiger partial charge in [-0.2, -0.15) is 0 Å². The number of aliphatic hydroxyl groups excluding tert-OH is 1. The van der Waals surface area contributed by atoms with Crippen molar-refractivity contribution in [3.05, 3.63) is 59.7 Å². The van der Waals surface area contributed by atoms with E-state index in [2.05, 4.69) is 0 Å². The first-order valence-electron chi connectivity index (χ1n) is 9.47. The van der Waals surface area contributed by atoms with Gasteiger partial charge < -0.3 is 20.3 Å². The van der Waals surface area contributed by atoms with Crippen molar-refractivity contribution < 1.29 is 14.6 Å². The molecule has 0 bridgehead atoms. The van der Waals surface area contributed by atoms with Gasteiger partial charge in [-0.15, -0.1) is 12.4 Å². The predicted molar refractivity (Wildman–Crippen MR) is 111 cm³/mol. The molecule has 148 valence electrons. The highest BCUT2D eigenvalue weighted by atomic mass is 35.5. The summed E-state index contributed by atoms with van der Waals surface area (Å²) in [5.74, 6) is 1.61. The molecule has 0 spiro atoms. The van der Waals surface area contributed by atoms with Gasteiger partial charge >= 0.3 is 0 Å². The van der Waals surface area contributed by atoms with Gasteiger partial charge in [-0.25, -0.2) is 0 Å². The predicted octanol–water partition coefficient (Wildman–Crippen LogP) is 4.64. The molecule has 2 atom stereocenters. The maximum atomic E-state index is 10.7. The second-order valence-electron chi connectivity index (χ2n) is 7.10. The number of hydrogen-bond donors (Lipinski definition) is 2. The lowest BCUT2D eigenvalue weighted by Gasteiger charge is -2.30. The van der Waals surface area contributed by atoms with Crippen LogP contribution in [0.2, 0.25) is 0 Å². The summed E-state index contributed by atoms with van der Waals surface area (Å²) in [6.45, 7) is 0.459. The molecule has 1 saturated carbocycles. The topological polar surface area (TPSA) is 64.7 Å². The molecule has 27 heavy (non-hydrogen) atoms. The van der Waals surface area contributed by atoms with E-state index in [1.165, 1.54) is 19.3 Å². The third-order valence-corrected chi connectivity index (χ3v) is 5.31. The highest BCUT2D eigenvalue weighted by Crippen LogP contribution is 2.35. The van der Waals surface area contributed by atoms with Crippen LogP contribution in [0.25, 0.3) is 0 Å². The summed E-state index contributed by atoms with van der Waals surface area (Å²) in [5, 5.41) is 10.7. The van der Waals surface area contributed by atoms with Gasteiger partial charge in [0.2, 0.25) is 0 Å². The van der Waals surface area contributed by atoms with E-state index in [0.717, 1.165) is 24.0 Å². The van der Waals surface area contributed by atoms with E-state index in [1.54, 1.807) is 7.11 Å². The van der Waals surface area contributed by atoms with E-state index in [9.17, 15) is 5.11 Å². The molecular formula is C22H30ClNO3. The molecule has 2 aromatic rings. The number of benzene rings is 2. The Bertz CT molecular complexity index is 689. The molecule has 0 aliphatic heterocycles. The van der Waals surface area contributed by atoms with Crippen LogP contribution in [-0.4, -0.2) is 18.3 Å². The van der Waals surface area contributed by atoms with Gasteiger partial charge in [0, 0.05) is 0 Å². The Morgan fingerprint density at radius 3 is 2.41 bits per heavy atom. The summed E-state index contributed by atoms with van der Waals surface area (Å²) in [6.07, 6.45) is 5.22. The zero-order valence-electron chi connectivity index (χ0n) is 15.8. The van der Waals surface area contributed by atoms with Gasteiger partial charge in [0.1, 0.15) is 6.61 Å². The number of ether oxygens (including phenoxy) is 2. The molecule has 2 aromatic carbocycles. The Morgan fingerprint density at radius 1 is 1.04 bits per heavy atom. The van der Waals surface area contributed by atoms with Crippen molar-refractivity contribution in [3.63, 3.8) is 0 Å². The van der Waals surface area contributed by atoms with Crippen LogP contribution in [0.15, 0.2) is 48.5 Å². The molecule has 0 amide bonds. The third-order valence-electron chi connectivity index (χ3n) is 5.31. The summed E-state index contributed by atoms with van der Waals surface area (Å²) in [7, 11) is 1.63. The van der Waals surface area contributed by atoms with Gasteiger partial charge in [-0.1, -0.05) is 55.7 Å². The Labute approximate surface area is 168 Å². The third kappa shape index (κ3) is 5.61. The average molecular weight is 392 g/mol. The van der Waals surface area contributed by atoms with E-state index in [1.807, 2.05) is 48.5 Å². The van der Waals surface area contributed by atoms with Crippen molar-refractivity contribution in [2.24, 2.45) is 11.7 Å². The second kappa shape index (κ2) is 10.5. The average Bonchev–Trinajstić information content (AvgIpc) is 2.72. The Hall–Kier alpha value is -1.75. The van der Waals surface area contributed by atoms with Crippen LogP contribution in [0.3, 0.4) is 0 Å². The van der Waals surface area contributed by atoms with Crippen molar-refractivity contribution >= 4 is 12.4 Å². The molecule has 1 aliphatic rings. The molecule has 1 fully saturated rings. The normalized spacial score (nSPS) is 16.9. The summed E-state index contributed by atoms with van der Waals surface area (Å²) >= 11 is 0. The minimum absolute atomic E-state index is 0. The van der Waals surface area contributed by atoms with Gasteiger partial charge in [-0.05, 0) is 42.0 Å². The van der Waals surface area contributed by atoms with Crippen LogP contribution in [0.4, 0.5) is 0 Å². The fourth-order valence-corrected chi connectivity index (χ4v) is 3.71. The second-order valence-corrected chi connectivity index (χ2v) is 7.10. The Morgan fingerprint density at radius 2 is 1.74 bits per heavy atom. The number of halogens is 1. The number of aliphatic hydroxyl groups is 1. The molecular weight excluding hydrogens is 362 g/mol. The fraction of sp³-hybridized carbons (Fsp3) is 0.455. The lowest BCUT2D eigenvalue weighted by atomic mass is 9.81. The molecule has 0 saturated heterocycles. The van der Waals surface area contributed by atoms with Crippen LogP contribution in [0.5, 0.6) is 11.5 Å². The molecule has 4 nitrogen and oxygen atoms in total. The van der Waals surface area contributed by atoms with Crippen molar-refractivity contribution in [3.8, 4) is 11.5 Å². The first-order valence-corrected chi connectivity index (χ1v) is 9.47. The van der Waals surface area contributed by atoms with Crippen molar-refractivity contribution in [2.45, 2.75) is 50.9 Å². The minimum Gasteiger partial charge on any atom is -0.493 e. The first kappa shape index (κ1) is 21.5. The number of methoxy groups -OCH3 is 1. The van der Waals surface area contributed by atoms with Gasteiger partial charge in [0.05, 0.1) is 19.3 Å². The highest BCUT2D eigenvalue weighted by Gasteiger charge is 2.28. The summed E-state index contributed by atoms with van der Waals surface area (Å²) < 4.78 is 11.4. The van der Waals surface area contributed by atoms with Crippen LogP contribution in [-0.2, 0) is 6.61 Å². The molecule has 1 aliphatic carbocycles. The zero-order chi connectivity index (χ0) is 18.4. The lowest BCUT2D eigenvalue weighted by Crippen LogP contribution is -2.34. The number of nitrogens with two attached hydrogens (primary N) is 1. The fourth-order valence-electron chi connectivity index (χ4n) is 3.71. The summed E-state index contributed by atoms with van der Waals surface area (Å²) in [4.78, 5) is 0. The summed E-state index contributed by atoms with van der Waals surface area (Å²) in [5.41, 5.74) is 8.36. The van der Waals surface area contributed by atoms with Crippen LogP contribution in [0.1, 0.15) is 49.3 Å². The molecule has 3 N–H and O–H groups in total. The van der Waals surface area contributed by atoms with Crippen molar-refractivity contribution in [1.29, 1.82) is 0 Å². The summed E-state index contributed by atoms with van der Waals surface area (Å²) in [6, 6.07) is 15.3. The van der Waals surface area contributed by atoms with E-state index in [-0.39, 0.29) is 18.3 Å². The molecule has 0 radical (unpaired) electrons. The molecule has 5 heteroatoms. The van der Waals surface area contributed by atoms with E-state index in [0.29, 0.717) is 18.1 Å². The molecule has 0 heterocycles. The van der Waals surface area contributed by atoms with Gasteiger partial charge in [-0.3, -0.25) is 0 Å². The molecule has 0 unspecified atom stereocenters. The quantitative estimate of drug-likeness (QED) is 0.721. The van der Waals surface area contributed by atoms with Crippen LogP contribution < -0.4 is 15.2 Å². The first-order chi connectivity index (χ1) is 12.7. The maximum absolute atomic E-state index is 10.7. The van der Waals surface area contributed by atoms with Crippen LogP contribution in [0, 0.1) is 5.92 Å². The Balaban J connectivity index is 0.00000261. The smallest absolute Gasteiger partial charge is 0.161 e. The highest BCUT2D eigenvalue weighted by molar-refractivity contribution is 5.85. The standard InChI is InChI=1S/C22H29NO3.ClH/c1-25-19-13-12-18(21(23)22(24)17-10-6-3-7-11-17)14-20(19)26-15-16-8-4-2-5-9-16;/h2,4-5,8-9,12-14,17,21-22,24H,3,6-7,10-11,15,23H2,1H3;1H/t21-,22+;/m1./s1. The van der Waals surface area contributed by atoms with Gasteiger partial charge in [0.15, 0.2) is 11.5 Å². The van der Waals surface area contributed by atoms with Gasteiger partial charge in [0.25, 0.3) is 0 Å². The maximum Gasteiger partial charge on any atom is 0.161 e. The minimum atomic E-state index is -0.523.